The Hall–Kier alpha value is -1.49. The molecule has 0 aromatic heterocycles. The summed E-state index contributed by atoms with van der Waals surface area (Å²) < 4.78 is 5.50. The van der Waals surface area contributed by atoms with Crippen molar-refractivity contribution < 1.29 is 9.66 Å². The van der Waals surface area contributed by atoms with E-state index in [9.17, 15) is 10.1 Å². The van der Waals surface area contributed by atoms with Gasteiger partial charge in [0.15, 0.2) is 5.76 Å². The van der Waals surface area contributed by atoms with Gasteiger partial charge in [0, 0.05) is 12.1 Å². The van der Waals surface area contributed by atoms with Gasteiger partial charge >= 0.3 is 0 Å². The number of hydrogen-bond donors (Lipinski definition) is 0. The first-order valence-corrected chi connectivity index (χ1v) is 6.47. The van der Waals surface area contributed by atoms with E-state index in [1.165, 1.54) is 30.4 Å². The highest BCUT2D eigenvalue weighted by atomic mass is 35.5. The smallest absolute Gasteiger partial charge is 0.271 e. The number of benzene rings is 1. The summed E-state index contributed by atoms with van der Waals surface area (Å²) in [5, 5.41) is 11.2. The van der Waals surface area contributed by atoms with Crippen molar-refractivity contribution in [2.45, 2.75) is 6.92 Å². The van der Waals surface area contributed by atoms with Gasteiger partial charge in [-0.15, -0.1) is 0 Å². The van der Waals surface area contributed by atoms with Crippen LogP contribution in [0.1, 0.15) is 6.92 Å². The first-order valence-electron chi connectivity index (χ1n) is 5.33. The minimum atomic E-state index is -0.552. The number of hydrogen-bond acceptors (Lipinski definition) is 3. The highest BCUT2D eigenvalue weighted by Crippen LogP contribution is 2.33. The lowest BCUT2D eigenvalue weighted by atomic mass is 10.3. The second kappa shape index (κ2) is 7.33. The van der Waals surface area contributed by atoms with Crippen LogP contribution in [0.25, 0.3) is 0 Å². The molecule has 0 aliphatic carbocycles. The molecule has 0 spiro atoms. The van der Waals surface area contributed by atoms with Gasteiger partial charge < -0.3 is 4.74 Å². The first-order chi connectivity index (χ1) is 9.36. The van der Waals surface area contributed by atoms with Gasteiger partial charge in [-0.25, -0.2) is 0 Å². The maximum atomic E-state index is 10.6. The zero-order chi connectivity index (χ0) is 15.3. The van der Waals surface area contributed by atoms with E-state index in [0.717, 1.165) is 0 Å². The topological polar surface area (TPSA) is 52.4 Å². The Labute approximate surface area is 131 Å². The third kappa shape index (κ3) is 4.27. The SMILES string of the molecule is C=C/C=C(Cl)\C(Oc1ccc([N+](=O)[O-])cc1Cl)=C(/C)Cl. The van der Waals surface area contributed by atoms with Crippen LogP contribution in [0.4, 0.5) is 5.69 Å². The molecule has 1 aromatic carbocycles. The molecule has 1 aromatic rings. The van der Waals surface area contributed by atoms with Gasteiger partial charge in [-0.3, -0.25) is 10.1 Å². The van der Waals surface area contributed by atoms with Crippen molar-refractivity contribution in [1.29, 1.82) is 0 Å². The average Bonchev–Trinajstić information content (AvgIpc) is 2.36. The van der Waals surface area contributed by atoms with Crippen molar-refractivity contribution >= 4 is 40.5 Å². The second-order valence-electron chi connectivity index (χ2n) is 3.59. The van der Waals surface area contributed by atoms with Crippen LogP contribution >= 0.6 is 34.8 Å². The molecule has 4 nitrogen and oxygen atoms in total. The van der Waals surface area contributed by atoms with Crippen LogP contribution < -0.4 is 4.74 Å². The fourth-order valence-electron chi connectivity index (χ4n) is 1.26. The highest BCUT2D eigenvalue weighted by Gasteiger charge is 2.14. The third-order valence-electron chi connectivity index (χ3n) is 2.13. The minimum absolute atomic E-state index is 0.0812. The van der Waals surface area contributed by atoms with Crippen LogP contribution in [0.15, 0.2) is 52.8 Å². The van der Waals surface area contributed by atoms with Gasteiger partial charge in [-0.1, -0.05) is 47.5 Å². The molecule has 0 atom stereocenters. The van der Waals surface area contributed by atoms with Gasteiger partial charge in [-0.2, -0.15) is 0 Å². The van der Waals surface area contributed by atoms with Crippen molar-refractivity contribution in [3.05, 3.63) is 67.9 Å². The lowest BCUT2D eigenvalue weighted by Crippen LogP contribution is -1.98. The molecule has 0 amide bonds. The number of halogens is 3. The Balaban J connectivity index is 3.14. The summed E-state index contributed by atoms with van der Waals surface area (Å²) in [7, 11) is 0. The third-order valence-corrected chi connectivity index (χ3v) is 2.90. The lowest BCUT2D eigenvalue weighted by molar-refractivity contribution is -0.384. The first kappa shape index (κ1) is 16.6. The standard InChI is InChI=1S/C13H10Cl3NO3/c1-3-4-10(15)13(8(2)14)20-12-6-5-9(17(18)19)7-11(12)16/h3-7H,1H2,2H3/b10-4+,13-8-. The number of nitrogens with zero attached hydrogens (tertiary/aromatic N) is 1. The molecular weight excluding hydrogens is 325 g/mol. The van der Waals surface area contributed by atoms with Crippen molar-refractivity contribution in [1.82, 2.24) is 0 Å². The van der Waals surface area contributed by atoms with Crippen LogP contribution in [-0.2, 0) is 0 Å². The normalized spacial score (nSPS) is 12.7. The average molecular weight is 335 g/mol. The molecule has 0 saturated heterocycles. The maximum Gasteiger partial charge on any atom is 0.271 e. The number of nitro groups is 1. The van der Waals surface area contributed by atoms with Gasteiger partial charge in [0.1, 0.15) is 5.75 Å². The van der Waals surface area contributed by atoms with Gasteiger partial charge in [-0.05, 0) is 19.1 Å². The predicted octanol–water partition coefficient (Wildman–Crippen LogP) is 5.41. The van der Waals surface area contributed by atoms with Crippen molar-refractivity contribution in [3.8, 4) is 5.75 Å². The summed E-state index contributed by atoms with van der Waals surface area (Å²) >= 11 is 17.8. The number of allylic oxidation sites excluding steroid dienone is 4. The molecule has 0 radical (unpaired) electrons. The van der Waals surface area contributed by atoms with Crippen molar-refractivity contribution in [2.24, 2.45) is 0 Å². The molecule has 0 fully saturated rings. The maximum absolute atomic E-state index is 10.6. The van der Waals surface area contributed by atoms with Crippen LogP contribution in [-0.4, -0.2) is 4.92 Å². The van der Waals surface area contributed by atoms with E-state index in [1.807, 2.05) is 0 Å². The Morgan fingerprint density at radius 1 is 1.45 bits per heavy atom. The van der Waals surface area contributed by atoms with Crippen LogP contribution in [0, 0.1) is 10.1 Å². The van der Waals surface area contributed by atoms with Crippen LogP contribution in [0.5, 0.6) is 5.75 Å². The molecule has 0 aliphatic rings. The molecule has 0 N–H and O–H groups in total. The molecule has 20 heavy (non-hydrogen) atoms. The number of ether oxygens (including phenoxy) is 1. The zero-order valence-corrected chi connectivity index (χ0v) is 12.7. The Morgan fingerprint density at radius 2 is 2.10 bits per heavy atom. The molecule has 7 heteroatoms. The van der Waals surface area contributed by atoms with E-state index < -0.39 is 4.92 Å². The Morgan fingerprint density at radius 3 is 2.55 bits per heavy atom. The predicted molar refractivity (Wildman–Crippen MR) is 81.4 cm³/mol. The second-order valence-corrected chi connectivity index (χ2v) is 4.97. The summed E-state index contributed by atoms with van der Waals surface area (Å²) in [5.41, 5.74) is -0.136. The van der Waals surface area contributed by atoms with Gasteiger partial charge in [0.2, 0.25) is 0 Å². The monoisotopic (exact) mass is 333 g/mol. The van der Waals surface area contributed by atoms with Gasteiger partial charge in [0.25, 0.3) is 5.69 Å². The largest absolute Gasteiger partial charge is 0.453 e. The van der Waals surface area contributed by atoms with E-state index in [2.05, 4.69) is 6.58 Å². The van der Waals surface area contributed by atoms with E-state index in [1.54, 1.807) is 6.92 Å². The summed E-state index contributed by atoms with van der Waals surface area (Å²) in [6.45, 7) is 5.11. The molecule has 1 rings (SSSR count). The zero-order valence-electron chi connectivity index (χ0n) is 10.4. The summed E-state index contributed by atoms with van der Waals surface area (Å²) in [5.74, 6) is 0.409. The summed E-state index contributed by atoms with van der Waals surface area (Å²) in [4.78, 5) is 10.1. The van der Waals surface area contributed by atoms with Crippen LogP contribution in [0.3, 0.4) is 0 Å². The minimum Gasteiger partial charge on any atom is -0.453 e. The fraction of sp³-hybridized carbons (Fsp3) is 0.0769. The molecule has 0 aliphatic heterocycles. The number of nitro benzene ring substituents is 1. The van der Waals surface area contributed by atoms with E-state index >= 15 is 0 Å². The van der Waals surface area contributed by atoms with E-state index in [4.69, 9.17) is 39.5 Å². The molecule has 0 bridgehead atoms. The molecule has 106 valence electrons. The fourth-order valence-corrected chi connectivity index (χ4v) is 1.93. The molecule has 0 saturated carbocycles. The van der Waals surface area contributed by atoms with E-state index in [0.29, 0.717) is 5.03 Å². The number of rotatable bonds is 5. The number of non-ortho nitro benzene ring substituents is 1. The Bertz CT molecular complexity index is 605. The quantitative estimate of drug-likeness (QED) is 0.313. The van der Waals surface area contributed by atoms with Gasteiger partial charge in [0.05, 0.1) is 20.0 Å². The van der Waals surface area contributed by atoms with Crippen molar-refractivity contribution in [2.75, 3.05) is 0 Å². The Kier molecular flexibility index (Phi) is 6.07. The highest BCUT2D eigenvalue weighted by molar-refractivity contribution is 6.35. The van der Waals surface area contributed by atoms with E-state index in [-0.39, 0.29) is 27.3 Å². The summed E-state index contributed by atoms with van der Waals surface area (Å²) in [6.07, 6.45) is 2.98. The van der Waals surface area contributed by atoms with Crippen LogP contribution in [0.2, 0.25) is 5.02 Å². The molecule has 0 unspecified atom stereocenters. The van der Waals surface area contributed by atoms with Crippen molar-refractivity contribution in [3.63, 3.8) is 0 Å². The summed E-state index contributed by atoms with van der Waals surface area (Å²) in [6, 6.07) is 3.83. The molecule has 0 heterocycles. The molecular formula is C13H10Cl3NO3. The lowest BCUT2D eigenvalue weighted by Gasteiger charge is -2.11.